The maximum absolute atomic E-state index is 10.8. The predicted octanol–water partition coefficient (Wildman–Crippen LogP) is 2.30. The minimum Gasteiger partial charge on any atom is -0.493 e. The molecule has 0 aromatic heterocycles. The van der Waals surface area contributed by atoms with Crippen molar-refractivity contribution in [2.75, 3.05) is 12.4 Å². The summed E-state index contributed by atoms with van der Waals surface area (Å²) in [7, 11) is -3.47. The highest BCUT2D eigenvalue weighted by Gasteiger charge is 2.12. The van der Waals surface area contributed by atoms with E-state index in [2.05, 4.69) is 0 Å². The topological polar surface area (TPSA) is 69.4 Å². The maximum Gasteiger partial charge on any atom is 0.209 e. The van der Waals surface area contributed by atoms with E-state index in [1.807, 2.05) is 0 Å². The van der Waals surface area contributed by atoms with E-state index < -0.39 is 10.0 Å². The van der Waals surface area contributed by atoms with E-state index in [4.69, 9.17) is 33.1 Å². The van der Waals surface area contributed by atoms with Crippen LogP contribution in [-0.4, -0.2) is 20.8 Å². The molecule has 1 aromatic carbocycles. The monoisotopic (exact) mass is 297 g/mol. The highest BCUT2D eigenvalue weighted by atomic mass is 35.5. The Morgan fingerprint density at radius 2 is 2.00 bits per heavy atom. The van der Waals surface area contributed by atoms with Crippen LogP contribution < -0.4 is 9.88 Å². The Kier molecular flexibility index (Phi) is 5.06. The number of primary sulfonamides is 1. The van der Waals surface area contributed by atoms with Gasteiger partial charge in [-0.3, -0.25) is 0 Å². The fraction of sp³-hybridized carbons (Fsp3) is 0.400. The van der Waals surface area contributed by atoms with Gasteiger partial charge in [0.1, 0.15) is 5.75 Å². The van der Waals surface area contributed by atoms with Crippen LogP contribution in [0.4, 0.5) is 0 Å². The van der Waals surface area contributed by atoms with Crippen molar-refractivity contribution in [1.29, 1.82) is 0 Å². The van der Waals surface area contributed by atoms with Crippen LogP contribution in [0.3, 0.4) is 0 Å². The maximum atomic E-state index is 10.8. The third-order valence-electron chi connectivity index (χ3n) is 1.94. The molecule has 0 saturated carbocycles. The molecule has 1 atom stereocenters. The summed E-state index contributed by atoms with van der Waals surface area (Å²) in [6, 6.07) is 4.86. The normalized spacial score (nSPS) is 13.4. The van der Waals surface area contributed by atoms with Crippen LogP contribution in [0.15, 0.2) is 18.2 Å². The standard InChI is InChI=1S/C10H13Cl2NO3S/c1-7(6-17(13,14)15)5-16-8-2-3-9(11)10(12)4-8/h2-4,7H,5-6H2,1H3,(H2,13,14,15). The van der Waals surface area contributed by atoms with Gasteiger partial charge in [-0.05, 0) is 12.1 Å². The largest absolute Gasteiger partial charge is 0.493 e. The molecule has 0 amide bonds. The summed E-state index contributed by atoms with van der Waals surface area (Å²) in [5, 5.41) is 5.76. The SMILES string of the molecule is CC(COc1ccc(Cl)c(Cl)c1)CS(N)(=O)=O. The number of rotatable bonds is 5. The van der Waals surface area contributed by atoms with E-state index in [1.54, 1.807) is 25.1 Å². The highest BCUT2D eigenvalue weighted by Crippen LogP contribution is 2.26. The Labute approximate surface area is 111 Å². The van der Waals surface area contributed by atoms with Crippen molar-refractivity contribution in [1.82, 2.24) is 0 Å². The minimum absolute atomic E-state index is 0.117. The first-order valence-corrected chi connectivity index (χ1v) is 7.33. The van der Waals surface area contributed by atoms with Gasteiger partial charge in [-0.1, -0.05) is 30.1 Å². The van der Waals surface area contributed by atoms with E-state index in [1.165, 1.54) is 0 Å². The lowest BCUT2D eigenvalue weighted by Gasteiger charge is -2.12. The van der Waals surface area contributed by atoms with Crippen molar-refractivity contribution < 1.29 is 13.2 Å². The van der Waals surface area contributed by atoms with Gasteiger partial charge in [0.2, 0.25) is 10.0 Å². The lowest BCUT2D eigenvalue weighted by molar-refractivity contribution is 0.272. The van der Waals surface area contributed by atoms with Crippen LogP contribution in [0.25, 0.3) is 0 Å². The zero-order valence-corrected chi connectivity index (χ0v) is 11.5. The second-order valence-corrected chi connectivity index (χ2v) is 6.30. The van der Waals surface area contributed by atoms with E-state index in [0.29, 0.717) is 15.8 Å². The smallest absolute Gasteiger partial charge is 0.209 e. The van der Waals surface area contributed by atoms with Crippen LogP contribution >= 0.6 is 23.2 Å². The Morgan fingerprint density at radius 3 is 2.53 bits per heavy atom. The summed E-state index contributed by atoms with van der Waals surface area (Å²) in [6.07, 6.45) is 0. The molecule has 0 aliphatic carbocycles. The molecule has 0 fully saturated rings. The zero-order valence-electron chi connectivity index (χ0n) is 9.19. The molecule has 2 N–H and O–H groups in total. The third-order valence-corrected chi connectivity index (χ3v) is 3.72. The minimum atomic E-state index is -3.47. The summed E-state index contributed by atoms with van der Waals surface area (Å²) >= 11 is 11.6. The molecule has 0 radical (unpaired) electrons. The molecule has 1 unspecified atom stereocenters. The van der Waals surface area contributed by atoms with Crippen molar-refractivity contribution in [3.63, 3.8) is 0 Å². The van der Waals surface area contributed by atoms with Crippen molar-refractivity contribution in [3.8, 4) is 5.75 Å². The number of nitrogens with two attached hydrogens (primary N) is 1. The number of sulfonamides is 1. The molecule has 96 valence electrons. The van der Waals surface area contributed by atoms with Gasteiger partial charge in [0.15, 0.2) is 0 Å². The molecule has 0 aliphatic heterocycles. The molecule has 0 spiro atoms. The Hall–Kier alpha value is -0.490. The molecule has 1 rings (SSSR count). The van der Waals surface area contributed by atoms with Gasteiger partial charge in [0.05, 0.1) is 22.4 Å². The van der Waals surface area contributed by atoms with Crippen molar-refractivity contribution in [3.05, 3.63) is 28.2 Å². The van der Waals surface area contributed by atoms with E-state index in [0.717, 1.165) is 0 Å². The number of ether oxygens (including phenoxy) is 1. The van der Waals surface area contributed by atoms with E-state index in [9.17, 15) is 8.42 Å². The summed E-state index contributed by atoms with van der Waals surface area (Å²) < 4.78 is 27.1. The first-order chi connectivity index (χ1) is 7.78. The Morgan fingerprint density at radius 1 is 1.35 bits per heavy atom. The van der Waals surface area contributed by atoms with Gasteiger partial charge < -0.3 is 4.74 Å². The van der Waals surface area contributed by atoms with E-state index in [-0.39, 0.29) is 18.3 Å². The zero-order chi connectivity index (χ0) is 13.1. The number of benzene rings is 1. The molecule has 7 heteroatoms. The van der Waals surface area contributed by atoms with Crippen LogP contribution in [-0.2, 0) is 10.0 Å². The first-order valence-electron chi connectivity index (χ1n) is 4.86. The predicted molar refractivity (Wildman–Crippen MR) is 69.1 cm³/mol. The molecular formula is C10H13Cl2NO3S. The van der Waals surface area contributed by atoms with Gasteiger partial charge in [0.25, 0.3) is 0 Å². The number of halogens is 2. The van der Waals surface area contributed by atoms with Crippen LogP contribution in [0.2, 0.25) is 10.0 Å². The van der Waals surface area contributed by atoms with Gasteiger partial charge in [-0.2, -0.15) is 0 Å². The average Bonchev–Trinajstić information content (AvgIpc) is 2.17. The van der Waals surface area contributed by atoms with Crippen LogP contribution in [0.1, 0.15) is 6.92 Å². The molecule has 0 aliphatic rings. The summed E-state index contributed by atoms with van der Waals surface area (Å²) in [5.74, 6) is 0.231. The fourth-order valence-electron chi connectivity index (χ4n) is 1.25. The Bertz CT molecular complexity index is 490. The summed E-state index contributed by atoms with van der Waals surface area (Å²) in [6.45, 7) is 1.98. The molecule has 0 bridgehead atoms. The summed E-state index contributed by atoms with van der Waals surface area (Å²) in [4.78, 5) is 0. The lowest BCUT2D eigenvalue weighted by Crippen LogP contribution is -2.25. The average molecular weight is 298 g/mol. The van der Waals surface area contributed by atoms with Crippen molar-refractivity contribution in [2.45, 2.75) is 6.92 Å². The Balaban J connectivity index is 2.53. The van der Waals surface area contributed by atoms with E-state index >= 15 is 0 Å². The molecular weight excluding hydrogens is 285 g/mol. The number of hydrogen-bond acceptors (Lipinski definition) is 3. The number of hydrogen-bond donors (Lipinski definition) is 1. The van der Waals surface area contributed by atoms with Gasteiger partial charge in [-0.25, -0.2) is 13.6 Å². The molecule has 4 nitrogen and oxygen atoms in total. The van der Waals surface area contributed by atoms with Crippen molar-refractivity contribution >= 4 is 33.2 Å². The quantitative estimate of drug-likeness (QED) is 0.906. The second-order valence-electron chi connectivity index (χ2n) is 3.82. The van der Waals surface area contributed by atoms with Crippen LogP contribution in [0, 0.1) is 5.92 Å². The van der Waals surface area contributed by atoms with Gasteiger partial charge in [-0.15, -0.1) is 0 Å². The van der Waals surface area contributed by atoms with Crippen molar-refractivity contribution in [2.24, 2.45) is 11.1 Å². The highest BCUT2D eigenvalue weighted by molar-refractivity contribution is 7.89. The second kappa shape index (κ2) is 5.91. The lowest BCUT2D eigenvalue weighted by atomic mass is 10.2. The van der Waals surface area contributed by atoms with Crippen LogP contribution in [0.5, 0.6) is 5.75 Å². The fourth-order valence-corrected chi connectivity index (χ4v) is 2.43. The molecule has 0 heterocycles. The summed E-state index contributed by atoms with van der Waals surface area (Å²) in [5.41, 5.74) is 0. The first kappa shape index (κ1) is 14.6. The molecule has 17 heavy (non-hydrogen) atoms. The molecule has 0 saturated heterocycles. The third kappa shape index (κ3) is 5.59. The molecule has 1 aromatic rings. The van der Waals surface area contributed by atoms with Gasteiger partial charge >= 0.3 is 0 Å². The van der Waals surface area contributed by atoms with Gasteiger partial charge in [0, 0.05) is 12.0 Å².